The van der Waals surface area contributed by atoms with Gasteiger partial charge in [0.1, 0.15) is 5.82 Å². The van der Waals surface area contributed by atoms with Crippen LogP contribution in [0.3, 0.4) is 0 Å². The molecule has 2 aromatic carbocycles. The molecule has 0 unspecified atom stereocenters. The van der Waals surface area contributed by atoms with Gasteiger partial charge in [-0.1, -0.05) is 67.6 Å². The van der Waals surface area contributed by atoms with Crippen LogP contribution in [0.4, 0.5) is 11.8 Å². The largest absolute Gasteiger partial charge is 0.366 e. The summed E-state index contributed by atoms with van der Waals surface area (Å²) in [5, 5.41) is 3.48. The van der Waals surface area contributed by atoms with E-state index < -0.39 is 0 Å². The van der Waals surface area contributed by atoms with Crippen molar-refractivity contribution in [3.8, 4) is 11.3 Å². The Morgan fingerprint density at radius 2 is 1.59 bits per heavy atom. The Morgan fingerprint density at radius 3 is 2.30 bits per heavy atom. The van der Waals surface area contributed by atoms with Crippen LogP contribution >= 0.6 is 0 Å². The van der Waals surface area contributed by atoms with Gasteiger partial charge in [0.2, 0.25) is 5.95 Å². The summed E-state index contributed by atoms with van der Waals surface area (Å²) >= 11 is 0. The predicted octanol–water partition coefficient (Wildman–Crippen LogP) is 4.99. The van der Waals surface area contributed by atoms with Gasteiger partial charge in [-0.3, -0.25) is 0 Å². The highest BCUT2D eigenvalue weighted by Gasteiger charge is 2.19. The molecule has 2 heterocycles. The molecule has 1 aliphatic heterocycles. The lowest BCUT2D eigenvalue weighted by atomic mass is 10.00. The minimum absolute atomic E-state index is 0.753. The Kier molecular flexibility index (Phi) is 5.33. The van der Waals surface area contributed by atoms with Crippen LogP contribution in [0.25, 0.3) is 11.3 Å². The van der Waals surface area contributed by atoms with Gasteiger partial charge in [0.15, 0.2) is 0 Å². The van der Waals surface area contributed by atoms with Crippen LogP contribution in [0.5, 0.6) is 0 Å². The Labute approximate surface area is 161 Å². The molecule has 1 N–H and O–H groups in total. The maximum absolute atomic E-state index is 4.88. The second kappa shape index (κ2) is 8.21. The summed E-state index contributed by atoms with van der Waals surface area (Å²) in [5.41, 5.74) is 3.33. The van der Waals surface area contributed by atoms with E-state index in [9.17, 15) is 0 Å². The quantitative estimate of drug-likeness (QED) is 0.697. The van der Waals surface area contributed by atoms with Gasteiger partial charge >= 0.3 is 0 Å². The van der Waals surface area contributed by atoms with Gasteiger partial charge in [0.25, 0.3) is 0 Å². The molecule has 0 spiro atoms. The number of piperidine rings is 1. The van der Waals surface area contributed by atoms with Gasteiger partial charge < -0.3 is 10.2 Å². The summed E-state index contributed by atoms with van der Waals surface area (Å²) < 4.78 is 0. The first-order valence-corrected chi connectivity index (χ1v) is 9.75. The summed E-state index contributed by atoms with van der Waals surface area (Å²) in [6.07, 6.45) is 2.40. The number of nitrogens with zero attached hydrogens (tertiary/aromatic N) is 3. The van der Waals surface area contributed by atoms with Gasteiger partial charge in [-0.15, -0.1) is 0 Å². The van der Waals surface area contributed by atoms with E-state index in [0.29, 0.717) is 0 Å². The maximum Gasteiger partial charge on any atom is 0.227 e. The number of benzene rings is 2. The van der Waals surface area contributed by atoms with Crippen LogP contribution in [-0.2, 0) is 6.54 Å². The van der Waals surface area contributed by atoms with Crippen molar-refractivity contribution in [1.82, 2.24) is 9.97 Å². The minimum atomic E-state index is 0.753. The number of aromatic nitrogens is 2. The first-order valence-electron chi connectivity index (χ1n) is 9.75. The molecule has 138 valence electrons. The lowest BCUT2D eigenvalue weighted by Crippen LogP contribution is -2.34. The van der Waals surface area contributed by atoms with Gasteiger partial charge in [-0.25, -0.2) is 4.98 Å². The number of rotatable bonds is 5. The molecule has 1 aliphatic rings. The fourth-order valence-corrected chi connectivity index (χ4v) is 3.42. The molecule has 0 aliphatic carbocycles. The van der Waals surface area contributed by atoms with Crippen molar-refractivity contribution in [3.63, 3.8) is 0 Å². The molecule has 3 aromatic rings. The normalized spacial score (nSPS) is 14.9. The van der Waals surface area contributed by atoms with Crippen molar-refractivity contribution in [1.29, 1.82) is 0 Å². The van der Waals surface area contributed by atoms with Gasteiger partial charge in [-0.2, -0.15) is 4.98 Å². The van der Waals surface area contributed by atoms with E-state index in [1.54, 1.807) is 0 Å². The van der Waals surface area contributed by atoms with Crippen LogP contribution in [0.2, 0.25) is 0 Å². The zero-order chi connectivity index (χ0) is 18.5. The molecule has 4 nitrogen and oxygen atoms in total. The Bertz CT molecular complexity index is 856. The van der Waals surface area contributed by atoms with Crippen molar-refractivity contribution < 1.29 is 0 Å². The third kappa shape index (κ3) is 4.45. The molecule has 1 saturated heterocycles. The molecule has 1 fully saturated rings. The molecule has 0 amide bonds. The molecule has 1 aromatic heterocycles. The molecular formula is C23H26N4. The van der Waals surface area contributed by atoms with Crippen molar-refractivity contribution in [3.05, 3.63) is 72.3 Å². The van der Waals surface area contributed by atoms with E-state index in [4.69, 9.17) is 9.97 Å². The topological polar surface area (TPSA) is 41.1 Å². The van der Waals surface area contributed by atoms with Crippen molar-refractivity contribution in [2.45, 2.75) is 26.3 Å². The average molecular weight is 358 g/mol. The van der Waals surface area contributed by atoms with E-state index in [-0.39, 0.29) is 0 Å². The second-order valence-electron chi connectivity index (χ2n) is 7.31. The first kappa shape index (κ1) is 17.5. The first-order chi connectivity index (χ1) is 13.3. The summed E-state index contributed by atoms with van der Waals surface area (Å²) in [6, 6.07) is 22.8. The highest BCUT2D eigenvalue weighted by atomic mass is 15.3. The highest BCUT2D eigenvalue weighted by Crippen LogP contribution is 2.26. The predicted molar refractivity (Wildman–Crippen MR) is 112 cm³/mol. The van der Waals surface area contributed by atoms with Gasteiger partial charge in [0, 0.05) is 31.3 Å². The zero-order valence-corrected chi connectivity index (χ0v) is 15.8. The monoisotopic (exact) mass is 358 g/mol. The molecular weight excluding hydrogens is 332 g/mol. The Hall–Kier alpha value is -2.88. The summed E-state index contributed by atoms with van der Waals surface area (Å²) in [7, 11) is 0. The van der Waals surface area contributed by atoms with E-state index in [1.807, 2.05) is 18.2 Å². The Balaban J connectivity index is 1.62. The lowest BCUT2D eigenvalue weighted by Gasteiger charge is -2.30. The minimum Gasteiger partial charge on any atom is -0.366 e. The molecule has 0 bridgehead atoms. The molecule has 0 radical (unpaired) electrons. The SMILES string of the molecule is CC1CCN(c2nc(NCc3ccccc3)cc(-c3ccccc3)n2)CC1. The van der Waals surface area contributed by atoms with Crippen LogP contribution in [-0.4, -0.2) is 23.1 Å². The van der Waals surface area contributed by atoms with Gasteiger partial charge in [-0.05, 0) is 24.3 Å². The lowest BCUT2D eigenvalue weighted by molar-refractivity contribution is 0.434. The number of hydrogen-bond donors (Lipinski definition) is 1. The van der Waals surface area contributed by atoms with Gasteiger partial charge in [0.05, 0.1) is 5.69 Å². The van der Waals surface area contributed by atoms with E-state index in [0.717, 1.165) is 48.6 Å². The van der Waals surface area contributed by atoms with Crippen LogP contribution in [0.15, 0.2) is 66.7 Å². The van der Waals surface area contributed by atoms with Crippen molar-refractivity contribution in [2.75, 3.05) is 23.3 Å². The summed E-state index contributed by atoms with van der Waals surface area (Å²) in [5.74, 6) is 2.49. The second-order valence-corrected chi connectivity index (χ2v) is 7.31. The molecule has 0 atom stereocenters. The molecule has 27 heavy (non-hydrogen) atoms. The summed E-state index contributed by atoms with van der Waals surface area (Å²) in [4.78, 5) is 12.0. The third-order valence-corrected chi connectivity index (χ3v) is 5.17. The molecule has 0 saturated carbocycles. The number of nitrogens with one attached hydrogen (secondary N) is 1. The van der Waals surface area contributed by atoms with Crippen LogP contribution < -0.4 is 10.2 Å². The molecule has 4 heteroatoms. The average Bonchev–Trinajstić information content (AvgIpc) is 2.74. The fourth-order valence-electron chi connectivity index (χ4n) is 3.42. The van der Waals surface area contributed by atoms with E-state index in [2.05, 4.69) is 65.7 Å². The molecule has 4 rings (SSSR count). The number of hydrogen-bond acceptors (Lipinski definition) is 4. The maximum atomic E-state index is 4.88. The standard InChI is InChI=1S/C23H26N4/c1-18-12-14-27(15-13-18)23-25-21(20-10-6-3-7-11-20)16-22(26-23)24-17-19-8-4-2-5-9-19/h2-11,16,18H,12-15,17H2,1H3,(H,24,25,26). The third-order valence-electron chi connectivity index (χ3n) is 5.17. The van der Waals surface area contributed by atoms with Crippen LogP contribution in [0.1, 0.15) is 25.3 Å². The van der Waals surface area contributed by atoms with Crippen LogP contribution in [0, 0.1) is 5.92 Å². The highest BCUT2D eigenvalue weighted by molar-refractivity contribution is 5.64. The zero-order valence-electron chi connectivity index (χ0n) is 15.8. The smallest absolute Gasteiger partial charge is 0.227 e. The fraction of sp³-hybridized carbons (Fsp3) is 0.304. The van der Waals surface area contributed by atoms with E-state index in [1.165, 1.54) is 18.4 Å². The van der Waals surface area contributed by atoms with Crippen molar-refractivity contribution in [2.24, 2.45) is 5.92 Å². The van der Waals surface area contributed by atoms with Crippen molar-refractivity contribution >= 4 is 11.8 Å². The number of anilines is 2. The Morgan fingerprint density at radius 1 is 0.926 bits per heavy atom. The summed E-state index contributed by atoms with van der Waals surface area (Å²) in [6.45, 7) is 5.13. The van der Waals surface area contributed by atoms with E-state index >= 15 is 0 Å².